The van der Waals surface area contributed by atoms with Crippen molar-refractivity contribution in [3.8, 4) is 12.3 Å². The largest absolute Gasteiger partial charge is 0.285 e. The van der Waals surface area contributed by atoms with Crippen LogP contribution >= 0.6 is 0 Å². The van der Waals surface area contributed by atoms with Gasteiger partial charge in [-0.1, -0.05) is 0 Å². The fourth-order valence-electron chi connectivity index (χ4n) is 0.842. The Morgan fingerprint density at radius 3 is 3.18 bits per heavy atom. The van der Waals surface area contributed by atoms with E-state index in [0.717, 1.165) is 5.56 Å². The van der Waals surface area contributed by atoms with Crippen LogP contribution in [-0.4, -0.2) is 10.2 Å². The zero-order valence-electron chi connectivity index (χ0n) is 6.04. The third-order valence-corrected chi connectivity index (χ3v) is 1.44. The summed E-state index contributed by atoms with van der Waals surface area (Å²) < 4.78 is 0. The lowest BCUT2D eigenvalue weighted by molar-refractivity contribution is 0.568. The number of aromatic amines is 1. The number of hydrogen-bond acceptors (Lipinski definition) is 3. The van der Waals surface area contributed by atoms with Gasteiger partial charge >= 0.3 is 0 Å². The van der Waals surface area contributed by atoms with Crippen LogP contribution in [0.4, 0.5) is 0 Å². The molecule has 0 amide bonds. The summed E-state index contributed by atoms with van der Waals surface area (Å²) >= 11 is 0. The predicted octanol–water partition coefficient (Wildman–Crippen LogP) is -0.0626. The standard InChI is InChI=1S/C7H10N4/c1-2-3-7(11-8)6-4-9-10-5-6/h1,4-5,7,11H,3,8H2,(H,9,10). The van der Waals surface area contributed by atoms with Crippen LogP contribution in [0.1, 0.15) is 18.0 Å². The Labute approximate surface area is 65.1 Å². The zero-order valence-corrected chi connectivity index (χ0v) is 6.04. The molecule has 1 unspecified atom stereocenters. The lowest BCUT2D eigenvalue weighted by Gasteiger charge is -2.08. The van der Waals surface area contributed by atoms with Gasteiger partial charge in [-0.25, -0.2) is 0 Å². The van der Waals surface area contributed by atoms with Crippen LogP contribution in [0.25, 0.3) is 0 Å². The van der Waals surface area contributed by atoms with E-state index in [4.69, 9.17) is 12.3 Å². The van der Waals surface area contributed by atoms with Crippen molar-refractivity contribution in [3.63, 3.8) is 0 Å². The second-order valence-electron chi connectivity index (χ2n) is 2.16. The molecule has 4 N–H and O–H groups in total. The van der Waals surface area contributed by atoms with Gasteiger partial charge in [0.15, 0.2) is 0 Å². The van der Waals surface area contributed by atoms with Crippen molar-refractivity contribution in [2.45, 2.75) is 12.5 Å². The Kier molecular flexibility index (Phi) is 2.66. The van der Waals surface area contributed by atoms with Gasteiger partial charge in [0.1, 0.15) is 0 Å². The molecule has 1 atom stereocenters. The Bertz CT molecular complexity index is 233. The maximum Gasteiger partial charge on any atom is 0.0599 e. The summed E-state index contributed by atoms with van der Waals surface area (Å²) in [5.41, 5.74) is 3.58. The first kappa shape index (κ1) is 7.79. The molecule has 0 aliphatic carbocycles. The van der Waals surface area contributed by atoms with E-state index in [1.165, 1.54) is 0 Å². The van der Waals surface area contributed by atoms with Crippen molar-refractivity contribution < 1.29 is 0 Å². The van der Waals surface area contributed by atoms with Gasteiger partial charge < -0.3 is 0 Å². The van der Waals surface area contributed by atoms with Crippen molar-refractivity contribution in [2.75, 3.05) is 0 Å². The minimum atomic E-state index is -0.00116. The monoisotopic (exact) mass is 150 g/mol. The molecule has 1 heterocycles. The molecular weight excluding hydrogens is 140 g/mol. The van der Waals surface area contributed by atoms with Gasteiger partial charge in [-0.05, 0) is 0 Å². The van der Waals surface area contributed by atoms with Gasteiger partial charge in [0.05, 0.1) is 12.2 Å². The second-order valence-corrected chi connectivity index (χ2v) is 2.16. The molecule has 0 aliphatic rings. The van der Waals surface area contributed by atoms with E-state index in [-0.39, 0.29) is 6.04 Å². The van der Waals surface area contributed by atoms with Crippen LogP contribution in [0.5, 0.6) is 0 Å². The van der Waals surface area contributed by atoms with Crippen LogP contribution in [0.3, 0.4) is 0 Å². The number of hydrogen-bond donors (Lipinski definition) is 3. The molecule has 4 nitrogen and oxygen atoms in total. The molecule has 0 saturated carbocycles. The summed E-state index contributed by atoms with van der Waals surface area (Å²) in [4.78, 5) is 0. The molecule has 1 aromatic heterocycles. The van der Waals surface area contributed by atoms with Gasteiger partial charge in [0.2, 0.25) is 0 Å². The number of aromatic nitrogens is 2. The molecule has 0 saturated heterocycles. The van der Waals surface area contributed by atoms with Crippen molar-refractivity contribution in [1.29, 1.82) is 0 Å². The fraction of sp³-hybridized carbons (Fsp3) is 0.286. The molecule has 1 rings (SSSR count). The van der Waals surface area contributed by atoms with Crippen LogP contribution in [0.15, 0.2) is 12.4 Å². The molecule has 4 heteroatoms. The highest BCUT2D eigenvalue weighted by Gasteiger charge is 2.07. The fourth-order valence-corrected chi connectivity index (χ4v) is 0.842. The Morgan fingerprint density at radius 1 is 1.91 bits per heavy atom. The van der Waals surface area contributed by atoms with Gasteiger partial charge in [0, 0.05) is 18.2 Å². The Hall–Kier alpha value is -1.31. The summed E-state index contributed by atoms with van der Waals surface area (Å²) in [5, 5.41) is 6.47. The van der Waals surface area contributed by atoms with Crippen molar-refractivity contribution >= 4 is 0 Å². The minimum Gasteiger partial charge on any atom is -0.285 e. The second kappa shape index (κ2) is 3.76. The Morgan fingerprint density at radius 2 is 2.73 bits per heavy atom. The van der Waals surface area contributed by atoms with Crippen molar-refractivity contribution in [3.05, 3.63) is 18.0 Å². The summed E-state index contributed by atoms with van der Waals surface area (Å²) in [6.45, 7) is 0. The average molecular weight is 150 g/mol. The van der Waals surface area contributed by atoms with Crippen molar-refractivity contribution in [1.82, 2.24) is 15.6 Å². The number of H-pyrrole nitrogens is 1. The third-order valence-electron chi connectivity index (χ3n) is 1.44. The van der Waals surface area contributed by atoms with Crippen LogP contribution in [0, 0.1) is 12.3 Å². The topological polar surface area (TPSA) is 66.7 Å². The zero-order chi connectivity index (χ0) is 8.10. The highest BCUT2D eigenvalue weighted by atomic mass is 15.2. The number of terminal acetylenes is 1. The third kappa shape index (κ3) is 1.80. The van der Waals surface area contributed by atoms with Gasteiger partial charge in [-0.2, -0.15) is 5.10 Å². The average Bonchev–Trinajstić information content (AvgIpc) is 2.52. The molecule has 0 spiro atoms. The van der Waals surface area contributed by atoms with Crippen LogP contribution < -0.4 is 11.3 Å². The highest BCUT2D eigenvalue weighted by Crippen LogP contribution is 2.11. The molecule has 0 radical (unpaired) electrons. The first-order valence-corrected chi connectivity index (χ1v) is 3.26. The minimum absolute atomic E-state index is 0.00116. The van der Waals surface area contributed by atoms with E-state index in [2.05, 4.69) is 21.5 Å². The van der Waals surface area contributed by atoms with Gasteiger partial charge in [-0.15, -0.1) is 12.3 Å². The van der Waals surface area contributed by atoms with E-state index in [9.17, 15) is 0 Å². The first-order valence-electron chi connectivity index (χ1n) is 3.26. The summed E-state index contributed by atoms with van der Waals surface area (Å²) in [7, 11) is 0. The number of nitrogens with one attached hydrogen (secondary N) is 2. The van der Waals surface area contributed by atoms with E-state index >= 15 is 0 Å². The summed E-state index contributed by atoms with van der Waals surface area (Å²) in [5.74, 6) is 7.79. The van der Waals surface area contributed by atoms with Gasteiger partial charge in [-0.3, -0.25) is 16.4 Å². The maximum atomic E-state index is 5.26. The summed E-state index contributed by atoms with van der Waals surface area (Å²) in [6.07, 6.45) is 9.16. The SMILES string of the molecule is C#CCC(NN)c1cn[nH]c1. The van der Waals surface area contributed by atoms with E-state index < -0.39 is 0 Å². The molecule has 0 aromatic carbocycles. The number of nitrogens with zero attached hydrogens (tertiary/aromatic N) is 1. The molecule has 58 valence electrons. The molecule has 0 fully saturated rings. The van der Waals surface area contributed by atoms with Crippen LogP contribution in [0.2, 0.25) is 0 Å². The molecule has 0 bridgehead atoms. The molecule has 0 aliphatic heterocycles. The molecule has 1 aromatic rings. The number of rotatable bonds is 3. The van der Waals surface area contributed by atoms with E-state index in [0.29, 0.717) is 6.42 Å². The number of hydrazine groups is 1. The van der Waals surface area contributed by atoms with Crippen LogP contribution in [-0.2, 0) is 0 Å². The first-order chi connectivity index (χ1) is 5.38. The molecule has 11 heavy (non-hydrogen) atoms. The Balaban J connectivity index is 2.65. The smallest absolute Gasteiger partial charge is 0.0599 e. The van der Waals surface area contributed by atoms with E-state index in [1.807, 2.05) is 0 Å². The predicted molar refractivity (Wildman–Crippen MR) is 42.1 cm³/mol. The number of nitrogens with two attached hydrogens (primary N) is 1. The van der Waals surface area contributed by atoms with Crippen molar-refractivity contribution in [2.24, 2.45) is 5.84 Å². The summed E-state index contributed by atoms with van der Waals surface area (Å²) in [6, 6.07) is -0.00116. The van der Waals surface area contributed by atoms with Gasteiger partial charge in [0.25, 0.3) is 0 Å². The lowest BCUT2D eigenvalue weighted by atomic mass is 10.1. The maximum absolute atomic E-state index is 5.26. The highest BCUT2D eigenvalue weighted by molar-refractivity contribution is 5.11. The normalized spacial score (nSPS) is 12.4. The molecular formula is C7H10N4. The quantitative estimate of drug-likeness (QED) is 0.321. The van der Waals surface area contributed by atoms with E-state index in [1.54, 1.807) is 12.4 Å². The lowest BCUT2D eigenvalue weighted by Crippen LogP contribution is -2.27.